The molecule has 0 amide bonds. The summed E-state index contributed by atoms with van der Waals surface area (Å²) >= 11 is 0. The first kappa shape index (κ1) is 12.7. The molecule has 0 spiro atoms. The molecule has 2 aromatic carbocycles. The van der Waals surface area contributed by atoms with Crippen molar-refractivity contribution in [1.82, 2.24) is 9.55 Å². The van der Waals surface area contributed by atoms with Crippen LogP contribution in [0, 0.1) is 0 Å². The van der Waals surface area contributed by atoms with Gasteiger partial charge in [0, 0.05) is 12.6 Å². The fourth-order valence-corrected chi connectivity index (χ4v) is 2.50. The van der Waals surface area contributed by atoms with Crippen LogP contribution in [0.3, 0.4) is 0 Å². The predicted octanol–water partition coefficient (Wildman–Crippen LogP) is 2.63. The number of nitrogens with zero attached hydrogens (tertiary/aromatic N) is 2. The number of nitrogens with two attached hydrogens (primary N) is 1. The Morgan fingerprint density at radius 2 is 1.80 bits per heavy atom. The summed E-state index contributed by atoms with van der Waals surface area (Å²) < 4.78 is 7.42. The van der Waals surface area contributed by atoms with E-state index in [1.54, 1.807) is 7.11 Å². The second-order valence-electron chi connectivity index (χ2n) is 4.74. The third-order valence-electron chi connectivity index (χ3n) is 3.57. The van der Waals surface area contributed by atoms with Gasteiger partial charge in [0.2, 0.25) is 0 Å². The van der Waals surface area contributed by atoms with Gasteiger partial charge in [0.05, 0.1) is 24.2 Å². The maximum absolute atomic E-state index is 6.39. The van der Waals surface area contributed by atoms with Crippen LogP contribution in [0.5, 0.6) is 5.75 Å². The molecular formula is C16H17N3O. The van der Waals surface area contributed by atoms with Crippen LogP contribution in [0.2, 0.25) is 0 Å². The van der Waals surface area contributed by atoms with Gasteiger partial charge in [0.15, 0.2) is 0 Å². The van der Waals surface area contributed by atoms with Gasteiger partial charge < -0.3 is 15.0 Å². The van der Waals surface area contributed by atoms with E-state index in [9.17, 15) is 0 Å². The summed E-state index contributed by atoms with van der Waals surface area (Å²) in [4.78, 5) is 4.65. The predicted molar refractivity (Wildman–Crippen MR) is 79.7 cm³/mol. The molecule has 0 radical (unpaired) electrons. The van der Waals surface area contributed by atoms with Crippen molar-refractivity contribution < 1.29 is 4.74 Å². The van der Waals surface area contributed by atoms with E-state index >= 15 is 0 Å². The Bertz CT molecular complexity index is 748. The molecule has 4 nitrogen and oxygen atoms in total. The van der Waals surface area contributed by atoms with Crippen molar-refractivity contribution in [3.8, 4) is 5.75 Å². The van der Waals surface area contributed by atoms with Gasteiger partial charge in [0.1, 0.15) is 11.6 Å². The van der Waals surface area contributed by atoms with Crippen molar-refractivity contribution in [2.45, 2.75) is 6.04 Å². The molecule has 1 heterocycles. The lowest BCUT2D eigenvalue weighted by Gasteiger charge is -2.15. The Hall–Kier alpha value is -2.33. The first-order chi connectivity index (χ1) is 9.72. The van der Waals surface area contributed by atoms with E-state index in [0.29, 0.717) is 0 Å². The van der Waals surface area contributed by atoms with Crippen LogP contribution < -0.4 is 10.5 Å². The molecule has 2 N–H and O–H groups in total. The first-order valence-electron chi connectivity index (χ1n) is 6.52. The Kier molecular flexibility index (Phi) is 3.16. The summed E-state index contributed by atoms with van der Waals surface area (Å²) in [6.45, 7) is 0. The van der Waals surface area contributed by atoms with Gasteiger partial charge in [-0.05, 0) is 18.2 Å². The van der Waals surface area contributed by atoms with Crippen LogP contribution in [-0.4, -0.2) is 16.7 Å². The molecule has 0 aliphatic carbocycles. The lowest BCUT2D eigenvalue weighted by atomic mass is 10.1. The molecule has 20 heavy (non-hydrogen) atoms. The van der Waals surface area contributed by atoms with Crippen molar-refractivity contribution in [2.24, 2.45) is 12.8 Å². The van der Waals surface area contributed by atoms with Crippen molar-refractivity contribution >= 4 is 11.0 Å². The van der Waals surface area contributed by atoms with Crippen LogP contribution in [0.4, 0.5) is 0 Å². The minimum Gasteiger partial charge on any atom is -0.496 e. The molecule has 4 heteroatoms. The Balaban J connectivity index is 2.13. The van der Waals surface area contributed by atoms with Gasteiger partial charge in [-0.15, -0.1) is 0 Å². The van der Waals surface area contributed by atoms with Crippen LogP contribution in [0.25, 0.3) is 11.0 Å². The van der Waals surface area contributed by atoms with E-state index in [2.05, 4.69) is 4.98 Å². The Morgan fingerprint density at radius 3 is 2.55 bits per heavy atom. The SMILES string of the molecule is COc1ccccc1C(N)c1nc2ccccc2n1C. The van der Waals surface area contributed by atoms with Crippen LogP contribution >= 0.6 is 0 Å². The number of para-hydroxylation sites is 3. The fourth-order valence-electron chi connectivity index (χ4n) is 2.50. The summed E-state index contributed by atoms with van der Waals surface area (Å²) in [6, 6.07) is 15.5. The quantitative estimate of drug-likeness (QED) is 0.793. The number of hydrogen-bond acceptors (Lipinski definition) is 3. The number of benzene rings is 2. The minimum atomic E-state index is -0.316. The van der Waals surface area contributed by atoms with E-state index in [-0.39, 0.29) is 6.04 Å². The average Bonchev–Trinajstić information content (AvgIpc) is 2.84. The topological polar surface area (TPSA) is 53.1 Å². The van der Waals surface area contributed by atoms with E-state index in [0.717, 1.165) is 28.2 Å². The molecule has 0 fully saturated rings. The smallest absolute Gasteiger partial charge is 0.131 e. The summed E-state index contributed by atoms with van der Waals surface area (Å²) in [5, 5.41) is 0. The Morgan fingerprint density at radius 1 is 1.10 bits per heavy atom. The highest BCUT2D eigenvalue weighted by Crippen LogP contribution is 2.29. The monoisotopic (exact) mass is 267 g/mol. The lowest BCUT2D eigenvalue weighted by Crippen LogP contribution is -2.17. The van der Waals surface area contributed by atoms with E-state index in [1.807, 2.05) is 60.1 Å². The van der Waals surface area contributed by atoms with Crippen LogP contribution in [0.1, 0.15) is 17.4 Å². The standard InChI is InChI=1S/C16H17N3O/c1-19-13-9-5-4-8-12(13)18-16(19)15(17)11-7-3-6-10-14(11)20-2/h3-10,15H,17H2,1-2H3. The van der Waals surface area contributed by atoms with Crippen molar-refractivity contribution in [3.05, 3.63) is 59.9 Å². The van der Waals surface area contributed by atoms with Crippen LogP contribution in [-0.2, 0) is 7.05 Å². The van der Waals surface area contributed by atoms with Gasteiger partial charge in [-0.25, -0.2) is 4.98 Å². The molecule has 0 aliphatic heterocycles. The zero-order valence-electron chi connectivity index (χ0n) is 11.6. The van der Waals surface area contributed by atoms with E-state index < -0.39 is 0 Å². The molecule has 3 rings (SSSR count). The number of rotatable bonds is 3. The van der Waals surface area contributed by atoms with Crippen LogP contribution in [0.15, 0.2) is 48.5 Å². The average molecular weight is 267 g/mol. The summed E-state index contributed by atoms with van der Waals surface area (Å²) in [7, 11) is 3.64. The number of aromatic nitrogens is 2. The van der Waals surface area contributed by atoms with Crippen molar-refractivity contribution in [3.63, 3.8) is 0 Å². The number of hydrogen-bond donors (Lipinski definition) is 1. The molecule has 0 aliphatic rings. The van der Waals surface area contributed by atoms with Crippen molar-refractivity contribution in [2.75, 3.05) is 7.11 Å². The maximum Gasteiger partial charge on any atom is 0.131 e. The molecule has 102 valence electrons. The molecule has 1 unspecified atom stereocenters. The lowest BCUT2D eigenvalue weighted by molar-refractivity contribution is 0.407. The van der Waals surface area contributed by atoms with Gasteiger partial charge in [-0.3, -0.25) is 0 Å². The highest BCUT2D eigenvalue weighted by Gasteiger charge is 2.19. The fraction of sp³-hybridized carbons (Fsp3) is 0.188. The summed E-state index contributed by atoms with van der Waals surface area (Å²) in [5.41, 5.74) is 9.36. The highest BCUT2D eigenvalue weighted by molar-refractivity contribution is 5.76. The maximum atomic E-state index is 6.39. The zero-order valence-corrected chi connectivity index (χ0v) is 11.6. The van der Waals surface area contributed by atoms with Gasteiger partial charge in [-0.1, -0.05) is 30.3 Å². The molecular weight excluding hydrogens is 250 g/mol. The molecule has 0 saturated carbocycles. The summed E-state index contributed by atoms with van der Waals surface area (Å²) in [6.07, 6.45) is 0. The highest BCUT2D eigenvalue weighted by atomic mass is 16.5. The molecule has 0 bridgehead atoms. The number of ether oxygens (including phenoxy) is 1. The zero-order chi connectivity index (χ0) is 14.1. The largest absolute Gasteiger partial charge is 0.496 e. The molecule has 0 saturated heterocycles. The molecule has 1 atom stereocenters. The normalized spacial score (nSPS) is 12.6. The second kappa shape index (κ2) is 4.98. The number of fused-ring (bicyclic) bond motifs is 1. The van der Waals surface area contributed by atoms with Gasteiger partial charge in [-0.2, -0.15) is 0 Å². The Labute approximate surface area is 117 Å². The van der Waals surface area contributed by atoms with Gasteiger partial charge >= 0.3 is 0 Å². The number of aryl methyl sites for hydroxylation is 1. The molecule has 1 aromatic heterocycles. The van der Waals surface area contributed by atoms with E-state index in [4.69, 9.17) is 10.5 Å². The minimum absolute atomic E-state index is 0.316. The number of methoxy groups -OCH3 is 1. The van der Waals surface area contributed by atoms with Gasteiger partial charge in [0.25, 0.3) is 0 Å². The second-order valence-corrected chi connectivity index (χ2v) is 4.74. The van der Waals surface area contributed by atoms with Crippen molar-refractivity contribution in [1.29, 1.82) is 0 Å². The van der Waals surface area contributed by atoms with E-state index in [1.165, 1.54) is 0 Å². The number of imidazole rings is 1. The summed E-state index contributed by atoms with van der Waals surface area (Å²) in [5.74, 6) is 1.61. The first-order valence-corrected chi connectivity index (χ1v) is 6.52. The third-order valence-corrected chi connectivity index (χ3v) is 3.57. The third kappa shape index (κ3) is 1.94. The molecule has 3 aromatic rings.